The second kappa shape index (κ2) is 7.22. The largest absolute Gasteiger partial charge is 0.481 e. The van der Waals surface area contributed by atoms with Crippen molar-refractivity contribution in [3.8, 4) is 0 Å². The van der Waals surface area contributed by atoms with Crippen LogP contribution in [0.1, 0.15) is 33.1 Å². The minimum Gasteiger partial charge on any atom is -0.481 e. The minimum absolute atomic E-state index is 0.00513. The fraction of sp³-hybridized carbons (Fsp3) is 0.818. The number of unbranched alkanes of at least 4 members (excludes halogenated alkanes) is 1. The molecule has 0 rings (SSSR count). The molecule has 0 aliphatic rings. The number of carboxylic acids is 1. The first-order chi connectivity index (χ1) is 7.40. The van der Waals surface area contributed by atoms with E-state index in [0.29, 0.717) is 13.0 Å². The highest BCUT2D eigenvalue weighted by molar-refractivity contribution is 5.81. The molecule has 0 radical (unpaired) electrons. The molecule has 0 heterocycles. The number of hydrogen-bond donors (Lipinski definition) is 3. The summed E-state index contributed by atoms with van der Waals surface area (Å²) in [5, 5.41) is 14.2. The van der Waals surface area contributed by atoms with Crippen LogP contribution in [0.15, 0.2) is 0 Å². The van der Waals surface area contributed by atoms with Crippen molar-refractivity contribution in [2.75, 3.05) is 20.1 Å². The molecule has 0 saturated carbocycles. The van der Waals surface area contributed by atoms with Crippen LogP contribution < -0.4 is 10.6 Å². The van der Waals surface area contributed by atoms with Gasteiger partial charge in [0.25, 0.3) is 0 Å². The van der Waals surface area contributed by atoms with Gasteiger partial charge in [0.15, 0.2) is 0 Å². The van der Waals surface area contributed by atoms with E-state index in [2.05, 4.69) is 10.6 Å². The standard InChI is InChI=1S/C11H22N2O3/c1-11(2,10(16)12-3)8-13-7-5-4-6-9(14)15/h13H,4-8H2,1-3H3,(H,12,16)(H,14,15). The van der Waals surface area contributed by atoms with Crippen LogP contribution in [0.2, 0.25) is 0 Å². The van der Waals surface area contributed by atoms with Crippen LogP contribution in [0.5, 0.6) is 0 Å². The third-order valence-electron chi connectivity index (χ3n) is 2.40. The molecule has 0 aromatic rings. The summed E-state index contributed by atoms with van der Waals surface area (Å²) in [4.78, 5) is 21.7. The molecule has 1 amide bonds. The molecule has 3 N–H and O–H groups in total. The van der Waals surface area contributed by atoms with Gasteiger partial charge in [-0.2, -0.15) is 0 Å². The SMILES string of the molecule is CNC(=O)C(C)(C)CNCCCCC(=O)O. The average Bonchev–Trinajstić information content (AvgIpc) is 2.21. The Morgan fingerprint density at radius 3 is 2.38 bits per heavy atom. The Labute approximate surface area is 96.6 Å². The van der Waals surface area contributed by atoms with Crippen molar-refractivity contribution in [1.29, 1.82) is 0 Å². The summed E-state index contributed by atoms with van der Waals surface area (Å²) in [5.41, 5.74) is -0.429. The fourth-order valence-electron chi connectivity index (χ4n) is 1.35. The molecule has 0 aliphatic carbocycles. The van der Waals surface area contributed by atoms with Gasteiger partial charge in [-0.05, 0) is 33.2 Å². The Morgan fingerprint density at radius 2 is 1.88 bits per heavy atom. The molecular formula is C11H22N2O3. The summed E-state index contributed by atoms with van der Waals surface area (Å²) in [6.45, 7) is 5.08. The third kappa shape index (κ3) is 6.40. The maximum Gasteiger partial charge on any atom is 0.303 e. The molecule has 5 nitrogen and oxygen atoms in total. The number of nitrogens with one attached hydrogen (secondary N) is 2. The lowest BCUT2D eigenvalue weighted by atomic mass is 9.92. The molecule has 94 valence electrons. The summed E-state index contributed by atoms with van der Waals surface area (Å²) in [7, 11) is 1.62. The van der Waals surface area contributed by atoms with Crippen molar-refractivity contribution in [2.45, 2.75) is 33.1 Å². The molecule has 0 unspecified atom stereocenters. The van der Waals surface area contributed by atoms with Gasteiger partial charge in [-0.3, -0.25) is 9.59 Å². The molecule has 5 heteroatoms. The van der Waals surface area contributed by atoms with E-state index in [1.54, 1.807) is 7.05 Å². The number of carbonyl (C=O) groups is 2. The summed E-state index contributed by atoms with van der Waals surface area (Å²) in [6.07, 6.45) is 1.69. The fourth-order valence-corrected chi connectivity index (χ4v) is 1.35. The molecule has 0 bridgehead atoms. The summed E-state index contributed by atoms with van der Waals surface area (Å²) < 4.78 is 0. The van der Waals surface area contributed by atoms with Crippen LogP contribution in [0.4, 0.5) is 0 Å². The highest BCUT2D eigenvalue weighted by Gasteiger charge is 2.25. The van der Waals surface area contributed by atoms with Gasteiger partial charge >= 0.3 is 5.97 Å². The predicted molar refractivity (Wildman–Crippen MR) is 62.2 cm³/mol. The number of amides is 1. The Morgan fingerprint density at radius 1 is 1.25 bits per heavy atom. The number of carboxylic acid groups (broad SMARTS) is 1. The molecule has 0 fully saturated rings. The number of carbonyl (C=O) groups excluding carboxylic acids is 1. The smallest absolute Gasteiger partial charge is 0.303 e. The first-order valence-electron chi connectivity index (χ1n) is 5.55. The van der Waals surface area contributed by atoms with Crippen LogP contribution >= 0.6 is 0 Å². The average molecular weight is 230 g/mol. The molecule has 0 atom stereocenters. The van der Waals surface area contributed by atoms with E-state index in [1.165, 1.54) is 0 Å². The van der Waals surface area contributed by atoms with Gasteiger partial charge in [-0.25, -0.2) is 0 Å². The van der Waals surface area contributed by atoms with E-state index in [4.69, 9.17) is 5.11 Å². The van der Waals surface area contributed by atoms with E-state index in [9.17, 15) is 9.59 Å². The van der Waals surface area contributed by atoms with Crippen molar-refractivity contribution in [1.82, 2.24) is 10.6 Å². The Bertz CT molecular complexity index is 239. The molecule has 0 aromatic carbocycles. The second-order valence-corrected chi connectivity index (χ2v) is 4.49. The van der Waals surface area contributed by atoms with E-state index in [0.717, 1.165) is 13.0 Å². The van der Waals surface area contributed by atoms with Gasteiger partial charge in [0.1, 0.15) is 0 Å². The lowest BCUT2D eigenvalue weighted by molar-refractivity contribution is -0.137. The van der Waals surface area contributed by atoms with E-state index >= 15 is 0 Å². The van der Waals surface area contributed by atoms with E-state index in [-0.39, 0.29) is 12.3 Å². The number of rotatable bonds is 8. The van der Waals surface area contributed by atoms with Gasteiger partial charge < -0.3 is 15.7 Å². The molecule has 16 heavy (non-hydrogen) atoms. The number of aliphatic carboxylic acids is 1. The van der Waals surface area contributed by atoms with Crippen molar-refractivity contribution >= 4 is 11.9 Å². The Balaban J connectivity index is 3.58. The van der Waals surface area contributed by atoms with Gasteiger partial charge in [0.2, 0.25) is 5.91 Å². The zero-order valence-corrected chi connectivity index (χ0v) is 10.3. The molecular weight excluding hydrogens is 208 g/mol. The highest BCUT2D eigenvalue weighted by Crippen LogP contribution is 2.12. The predicted octanol–water partition coefficient (Wildman–Crippen LogP) is 0.603. The Kier molecular flexibility index (Phi) is 6.72. The normalized spacial score (nSPS) is 11.2. The van der Waals surface area contributed by atoms with Crippen LogP contribution in [-0.4, -0.2) is 37.1 Å². The van der Waals surface area contributed by atoms with Crippen molar-refractivity contribution in [2.24, 2.45) is 5.41 Å². The summed E-state index contributed by atoms with van der Waals surface area (Å²) >= 11 is 0. The molecule has 0 saturated heterocycles. The van der Waals surface area contributed by atoms with E-state index < -0.39 is 11.4 Å². The molecule has 0 aromatic heterocycles. The van der Waals surface area contributed by atoms with Crippen molar-refractivity contribution < 1.29 is 14.7 Å². The zero-order valence-electron chi connectivity index (χ0n) is 10.3. The zero-order chi connectivity index (χ0) is 12.6. The highest BCUT2D eigenvalue weighted by atomic mass is 16.4. The summed E-state index contributed by atoms with van der Waals surface area (Å²) in [6, 6.07) is 0. The second-order valence-electron chi connectivity index (χ2n) is 4.49. The van der Waals surface area contributed by atoms with Gasteiger partial charge in [-0.1, -0.05) is 0 Å². The monoisotopic (exact) mass is 230 g/mol. The van der Waals surface area contributed by atoms with Crippen LogP contribution in [0.25, 0.3) is 0 Å². The topological polar surface area (TPSA) is 78.4 Å². The Hall–Kier alpha value is -1.10. The van der Waals surface area contributed by atoms with Crippen LogP contribution in [-0.2, 0) is 9.59 Å². The van der Waals surface area contributed by atoms with Crippen molar-refractivity contribution in [3.05, 3.63) is 0 Å². The maximum atomic E-state index is 11.4. The minimum atomic E-state index is -0.759. The maximum absolute atomic E-state index is 11.4. The molecule has 0 spiro atoms. The lowest BCUT2D eigenvalue weighted by Crippen LogP contribution is -2.42. The number of hydrogen-bond acceptors (Lipinski definition) is 3. The van der Waals surface area contributed by atoms with E-state index in [1.807, 2.05) is 13.8 Å². The van der Waals surface area contributed by atoms with Crippen LogP contribution in [0, 0.1) is 5.41 Å². The van der Waals surface area contributed by atoms with Gasteiger partial charge in [-0.15, -0.1) is 0 Å². The first-order valence-corrected chi connectivity index (χ1v) is 5.55. The van der Waals surface area contributed by atoms with Gasteiger partial charge in [0.05, 0.1) is 5.41 Å². The third-order valence-corrected chi connectivity index (χ3v) is 2.40. The van der Waals surface area contributed by atoms with Crippen LogP contribution in [0.3, 0.4) is 0 Å². The summed E-state index contributed by atoms with van der Waals surface area (Å²) in [5.74, 6) is -0.753. The lowest BCUT2D eigenvalue weighted by Gasteiger charge is -2.22. The molecule has 0 aliphatic heterocycles. The quantitative estimate of drug-likeness (QED) is 0.534. The van der Waals surface area contributed by atoms with Crippen molar-refractivity contribution in [3.63, 3.8) is 0 Å². The van der Waals surface area contributed by atoms with Gasteiger partial charge in [0, 0.05) is 20.0 Å². The first kappa shape index (κ1) is 14.9.